The van der Waals surface area contributed by atoms with Crippen LogP contribution in [0.25, 0.3) is 0 Å². The van der Waals surface area contributed by atoms with E-state index in [1.54, 1.807) is 20.8 Å². The van der Waals surface area contributed by atoms with Gasteiger partial charge in [-0.3, -0.25) is 4.79 Å². The minimum absolute atomic E-state index is 0.252. The van der Waals surface area contributed by atoms with Crippen LogP contribution >= 0.6 is 0 Å². The van der Waals surface area contributed by atoms with Crippen LogP contribution < -0.4 is 5.32 Å². The van der Waals surface area contributed by atoms with Crippen LogP contribution in [0.15, 0.2) is 12.7 Å². The molecule has 0 aliphatic carbocycles. The number of esters is 1. The molecule has 1 unspecified atom stereocenters. The van der Waals surface area contributed by atoms with E-state index < -0.39 is 29.7 Å². The second kappa shape index (κ2) is 10.9. The molecule has 2 amide bonds. The zero-order valence-corrected chi connectivity index (χ0v) is 17.1. The summed E-state index contributed by atoms with van der Waals surface area (Å²) in [6, 6.07) is -1.29. The van der Waals surface area contributed by atoms with Gasteiger partial charge < -0.3 is 19.7 Å². The Kier molecular flexibility index (Phi) is 9.32. The Labute approximate surface area is 162 Å². The smallest absolute Gasteiger partial charge is 0.408 e. The molecule has 27 heavy (non-hydrogen) atoms. The maximum atomic E-state index is 13.0. The van der Waals surface area contributed by atoms with Gasteiger partial charge in [-0.25, -0.2) is 9.59 Å². The molecular weight excluding hydrogens is 348 g/mol. The molecular formula is C20H34N2O5. The minimum atomic E-state index is -0.714. The number of allylic oxidation sites excluding steroid dienone is 1. The van der Waals surface area contributed by atoms with E-state index in [-0.39, 0.29) is 5.91 Å². The first kappa shape index (κ1) is 23.0. The number of carbonyl (C=O) groups is 3. The lowest BCUT2D eigenvalue weighted by Gasteiger charge is -2.29. The van der Waals surface area contributed by atoms with E-state index in [1.807, 2.05) is 6.08 Å². The summed E-state index contributed by atoms with van der Waals surface area (Å²) in [5.41, 5.74) is -0.649. The van der Waals surface area contributed by atoms with Gasteiger partial charge in [0.15, 0.2) is 0 Å². The standard InChI is InChI=1S/C20H34N2O5/c1-6-7-8-9-10-12-15(21-19(25)27-20(2,3)4)17(23)22-14-11-13-16(22)18(24)26-5/h6,15-16H,1,7-14H2,2-5H3,(H,21,25)/t15-,16?/m0/s1. The van der Waals surface area contributed by atoms with E-state index in [1.165, 1.54) is 12.0 Å². The number of alkyl carbamates (subject to hydrolysis) is 1. The van der Waals surface area contributed by atoms with Crippen molar-refractivity contribution in [1.29, 1.82) is 0 Å². The van der Waals surface area contributed by atoms with Crippen molar-refractivity contribution in [3.63, 3.8) is 0 Å². The zero-order valence-electron chi connectivity index (χ0n) is 17.1. The van der Waals surface area contributed by atoms with Crippen molar-refractivity contribution in [2.24, 2.45) is 0 Å². The largest absolute Gasteiger partial charge is 0.467 e. The molecule has 1 saturated heterocycles. The molecule has 0 aromatic carbocycles. The van der Waals surface area contributed by atoms with Crippen molar-refractivity contribution in [2.75, 3.05) is 13.7 Å². The van der Waals surface area contributed by atoms with Gasteiger partial charge >= 0.3 is 12.1 Å². The first-order valence-electron chi connectivity index (χ1n) is 9.68. The van der Waals surface area contributed by atoms with Crippen molar-refractivity contribution in [1.82, 2.24) is 10.2 Å². The van der Waals surface area contributed by atoms with Gasteiger partial charge in [0.05, 0.1) is 7.11 Å². The predicted molar refractivity (Wildman–Crippen MR) is 103 cm³/mol. The van der Waals surface area contributed by atoms with Crippen LogP contribution in [-0.4, -0.2) is 54.2 Å². The third-order valence-electron chi connectivity index (χ3n) is 4.40. The Morgan fingerprint density at radius 1 is 1.26 bits per heavy atom. The first-order valence-corrected chi connectivity index (χ1v) is 9.68. The van der Waals surface area contributed by atoms with Gasteiger partial charge in [-0.05, 0) is 52.9 Å². The fourth-order valence-electron chi connectivity index (χ4n) is 3.13. The summed E-state index contributed by atoms with van der Waals surface area (Å²) in [4.78, 5) is 38.7. The van der Waals surface area contributed by atoms with E-state index in [0.717, 1.165) is 32.1 Å². The van der Waals surface area contributed by atoms with Crippen molar-refractivity contribution in [3.8, 4) is 0 Å². The topological polar surface area (TPSA) is 84.9 Å². The summed E-state index contributed by atoms with van der Waals surface area (Å²) in [6.07, 6.45) is 6.71. The highest BCUT2D eigenvalue weighted by molar-refractivity contribution is 5.90. The van der Waals surface area contributed by atoms with E-state index >= 15 is 0 Å². The molecule has 0 radical (unpaired) electrons. The summed E-state index contributed by atoms with van der Waals surface area (Å²) in [5, 5.41) is 2.69. The Morgan fingerprint density at radius 3 is 2.56 bits per heavy atom. The minimum Gasteiger partial charge on any atom is -0.467 e. The molecule has 1 heterocycles. The fraction of sp³-hybridized carbons (Fsp3) is 0.750. The molecule has 1 aliphatic heterocycles. The lowest BCUT2D eigenvalue weighted by atomic mass is 10.1. The molecule has 0 aromatic heterocycles. The Hall–Kier alpha value is -2.05. The quantitative estimate of drug-likeness (QED) is 0.376. The van der Waals surface area contributed by atoms with Gasteiger partial charge in [-0.15, -0.1) is 6.58 Å². The second-order valence-corrected chi connectivity index (χ2v) is 7.84. The number of nitrogens with one attached hydrogen (secondary N) is 1. The summed E-state index contributed by atoms with van der Waals surface area (Å²) in [7, 11) is 1.32. The summed E-state index contributed by atoms with van der Waals surface area (Å²) < 4.78 is 10.1. The molecule has 0 bridgehead atoms. The van der Waals surface area contributed by atoms with E-state index in [9.17, 15) is 14.4 Å². The number of hydrogen-bond acceptors (Lipinski definition) is 5. The molecule has 0 aromatic rings. The average molecular weight is 383 g/mol. The number of carbonyl (C=O) groups excluding carboxylic acids is 3. The van der Waals surface area contributed by atoms with Crippen molar-refractivity contribution < 1.29 is 23.9 Å². The maximum absolute atomic E-state index is 13.0. The van der Waals surface area contributed by atoms with Gasteiger partial charge in [0, 0.05) is 6.54 Å². The van der Waals surface area contributed by atoms with Crippen molar-refractivity contribution in [3.05, 3.63) is 12.7 Å². The molecule has 154 valence electrons. The average Bonchev–Trinajstić information content (AvgIpc) is 3.07. The highest BCUT2D eigenvalue weighted by Gasteiger charge is 2.38. The van der Waals surface area contributed by atoms with E-state index in [4.69, 9.17) is 9.47 Å². The van der Waals surface area contributed by atoms with Crippen LogP contribution in [0.3, 0.4) is 0 Å². The number of nitrogens with zero attached hydrogens (tertiary/aromatic N) is 1. The van der Waals surface area contributed by atoms with Gasteiger partial charge in [0.25, 0.3) is 0 Å². The first-order chi connectivity index (χ1) is 12.7. The number of ether oxygens (including phenoxy) is 2. The van der Waals surface area contributed by atoms with Crippen molar-refractivity contribution in [2.45, 2.75) is 83.4 Å². The SMILES string of the molecule is C=CCCCCC[C@H](NC(=O)OC(C)(C)C)C(=O)N1CCCC1C(=O)OC. The molecule has 1 fully saturated rings. The summed E-state index contributed by atoms with van der Waals surface area (Å²) in [5.74, 6) is -0.666. The van der Waals surface area contributed by atoms with Crippen LogP contribution in [0.1, 0.15) is 65.7 Å². The monoisotopic (exact) mass is 382 g/mol. The van der Waals surface area contributed by atoms with Crippen LogP contribution in [-0.2, 0) is 19.1 Å². The number of likely N-dealkylation sites (tertiary alicyclic amines) is 1. The highest BCUT2D eigenvalue weighted by Crippen LogP contribution is 2.21. The Morgan fingerprint density at radius 2 is 1.96 bits per heavy atom. The summed E-state index contributed by atoms with van der Waals surface area (Å²) in [6.45, 7) is 9.50. The van der Waals surface area contributed by atoms with Crippen LogP contribution in [0.4, 0.5) is 4.79 Å². The lowest BCUT2D eigenvalue weighted by molar-refractivity contribution is -0.151. The van der Waals surface area contributed by atoms with Gasteiger partial charge in [-0.2, -0.15) is 0 Å². The van der Waals surface area contributed by atoms with Crippen LogP contribution in [0.2, 0.25) is 0 Å². The number of methoxy groups -OCH3 is 1. The normalized spacial score (nSPS) is 17.9. The Bertz CT molecular complexity index is 527. The molecule has 1 rings (SSSR count). The van der Waals surface area contributed by atoms with Crippen LogP contribution in [0.5, 0.6) is 0 Å². The second-order valence-electron chi connectivity index (χ2n) is 7.84. The number of rotatable bonds is 9. The van der Waals surface area contributed by atoms with Crippen LogP contribution in [0, 0.1) is 0 Å². The molecule has 0 spiro atoms. The molecule has 7 heteroatoms. The van der Waals surface area contributed by atoms with Gasteiger partial charge in [0.1, 0.15) is 17.7 Å². The fourth-order valence-corrected chi connectivity index (χ4v) is 3.13. The molecule has 1 aliphatic rings. The maximum Gasteiger partial charge on any atom is 0.408 e. The molecule has 1 N–H and O–H groups in total. The van der Waals surface area contributed by atoms with Gasteiger partial charge in [-0.1, -0.05) is 18.9 Å². The van der Waals surface area contributed by atoms with E-state index in [2.05, 4.69) is 11.9 Å². The third-order valence-corrected chi connectivity index (χ3v) is 4.40. The zero-order chi connectivity index (χ0) is 20.4. The molecule has 2 atom stereocenters. The molecule has 7 nitrogen and oxygen atoms in total. The highest BCUT2D eigenvalue weighted by atomic mass is 16.6. The van der Waals surface area contributed by atoms with E-state index in [0.29, 0.717) is 19.4 Å². The molecule has 0 saturated carbocycles. The number of hydrogen-bond donors (Lipinski definition) is 1. The van der Waals surface area contributed by atoms with Gasteiger partial charge in [0.2, 0.25) is 5.91 Å². The lowest BCUT2D eigenvalue weighted by Crippen LogP contribution is -2.52. The number of unbranched alkanes of at least 4 members (excludes halogenated alkanes) is 3. The third kappa shape index (κ3) is 8.01. The van der Waals surface area contributed by atoms with Crippen molar-refractivity contribution >= 4 is 18.0 Å². The number of amides is 2. The summed E-state index contributed by atoms with van der Waals surface area (Å²) >= 11 is 0. The Balaban J connectivity index is 2.78. The predicted octanol–water partition coefficient (Wildman–Crippen LogP) is 3.18.